The van der Waals surface area contributed by atoms with Crippen LogP contribution in [-0.4, -0.2) is 53.0 Å². The van der Waals surface area contributed by atoms with E-state index in [-0.39, 0.29) is 0 Å². The topological polar surface area (TPSA) is 54.9 Å². The number of guanidine groups is 1. The van der Waals surface area contributed by atoms with Crippen molar-refractivity contribution in [2.45, 2.75) is 19.8 Å². The Morgan fingerprint density at radius 1 is 1.25 bits per heavy atom. The quantitative estimate of drug-likeness (QED) is 0.341. The Morgan fingerprint density at radius 3 is 2.75 bits per heavy atom. The second kappa shape index (κ2) is 13.2. The number of aliphatic imine (C=N–C) groups is 1. The molecule has 1 rings (SSSR count). The monoisotopic (exact) mass is 399 g/mol. The summed E-state index contributed by atoms with van der Waals surface area (Å²) in [5, 5.41) is 6.67. The van der Waals surface area contributed by atoms with E-state index in [2.05, 4.69) is 62.7 Å². The normalized spacial score (nSPS) is 12.9. The van der Waals surface area contributed by atoms with Gasteiger partial charge in [0.1, 0.15) is 0 Å². The van der Waals surface area contributed by atoms with Crippen LogP contribution in [0.2, 0.25) is 0 Å². The Morgan fingerprint density at radius 2 is 2.08 bits per heavy atom. The maximum absolute atomic E-state index is 5.43. The summed E-state index contributed by atoms with van der Waals surface area (Å²) in [5.74, 6) is 1.38. The van der Waals surface area contributed by atoms with Gasteiger partial charge in [0.05, 0.1) is 19.8 Å². The first-order valence-corrected chi connectivity index (χ1v) is 9.24. The molecule has 0 fully saturated rings. The molecule has 0 aromatic heterocycles. The summed E-state index contributed by atoms with van der Waals surface area (Å²) in [5.41, 5.74) is 1.35. The minimum Gasteiger partial charge on any atom is -0.382 e. The summed E-state index contributed by atoms with van der Waals surface area (Å²) in [7, 11) is 3.46. The predicted octanol–water partition coefficient (Wildman–Crippen LogP) is 2.85. The first kappa shape index (κ1) is 20.9. The van der Waals surface area contributed by atoms with Crippen LogP contribution in [0.4, 0.5) is 0 Å². The molecule has 0 saturated carbocycles. The smallest absolute Gasteiger partial charge is 0.191 e. The van der Waals surface area contributed by atoms with E-state index < -0.39 is 0 Å². The van der Waals surface area contributed by atoms with E-state index in [9.17, 15) is 0 Å². The van der Waals surface area contributed by atoms with Gasteiger partial charge in [-0.1, -0.05) is 41.4 Å². The number of rotatable bonds is 11. The number of benzene rings is 1. The van der Waals surface area contributed by atoms with Gasteiger partial charge in [-0.25, -0.2) is 0 Å². The molecule has 0 spiro atoms. The number of hydrogen-bond acceptors (Lipinski definition) is 3. The number of ether oxygens (including phenoxy) is 2. The lowest BCUT2D eigenvalue weighted by Gasteiger charge is -2.18. The summed E-state index contributed by atoms with van der Waals surface area (Å²) in [6, 6.07) is 8.51. The van der Waals surface area contributed by atoms with Crippen LogP contribution >= 0.6 is 15.9 Å². The molecule has 1 atom stereocenters. The lowest BCUT2D eigenvalue weighted by molar-refractivity contribution is 0.0733. The standard InChI is InChI=1S/C18H30BrN3O2/c1-4-15(12-16-6-5-7-17(19)13-16)14-22-18(20-2)21-8-9-24-11-10-23-3/h5-7,13,15H,4,8-12,14H2,1-3H3,(H2,20,21,22). The first-order valence-electron chi connectivity index (χ1n) is 8.45. The molecule has 5 nitrogen and oxygen atoms in total. The molecule has 0 heterocycles. The highest BCUT2D eigenvalue weighted by Crippen LogP contribution is 2.16. The van der Waals surface area contributed by atoms with Crippen molar-refractivity contribution >= 4 is 21.9 Å². The predicted molar refractivity (Wildman–Crippen MR) is 104 cm³/mol. The molecule has 1 aromatic rings. The van der Waals surface area contributed by atoms with Gasteiger partial charge >= 0.3 is 0 Å². The Hall–Kier alpha value is -1.11. The van der Waals surface area contributed by atoms with Crippen molar-refractivity contribution < 1.29 is 9.47 Å². The van der Waals surface area contributed by atoms with Crippen LogP contribution in [-0.2, 0) is 15.9 Å². The number of nitrogens with zero attached hydrogens (tertiary/aromatic N) is 1. The summed E-state index contributed by atoms with van der Waals surface area (Å²) in [6.45, 7) is 5.73. The van der Waals surface area contributed by atoms with Crippen molar-refractivity contribution in [2.24, 2.45) is 10.9 Å². The van der Waals surface area contributed by atoms with Crippen LogP contribution in [0.15, 0.2) is 33.7 Å². The second-order valence-electron chi connectivity index (χ2n) is 5.59. The van der Waals surface area contributed by atoms with E-state index in [1.54, 1.807) is 14.2 Å². The molecule has 0 aliphatic carbocycles. The number of halogens is 1. The fourth-order valence-corrected chi connectivity index (χ4v) is 2.75. The summed E-state index contributed by atoms with van der Waals surface area (Å²) < 4.78 is 11.5. The van der Waals surface area contributed by atoms with E-state index in [1.165, 1.54) is 5.56 Å². The summed E-state index contributed by atoms with van der Waals surface area (Å²) >= 11 is 3.53. The van der Waals surface area contributed by atoms with E-state index in [0.29, 0.717) is 25.7 Å². The highest BCUT2D eigenvalue weighted by Gasteiger charge is 2.09. The average Bonchev–Trinajstić information content (AvgIpc) is 2.59. The van der Waals surface area contributed by atoms with Gasteiger partial charge in [0.2, 0.25) is 0 Å². The molecule has 136 valence electrons. The lowest BCUT2D eigenvalue weighted by Crippen LogP contribution is -2.41. The van der Waals surface area contributed by atoms with Gasteiger partial charge < -0.3 is 20.1 Å². The van der Waals surface area contributed by atoms with Crippen LogP contribution in [0.5, 0.6) is 0 Å². The third-order valence-electron chi connectivity index (χ3n) is 3.74. The molecule has 0 radical (unpaired) electrons. The number of hydrogen-bond donors (Lipinski definition) is 2. The van der Waals surface area contributed by atoms with Crippen molar-refractivity contribution in [2.75, 3.05) is 47.1 Å². The average molecular weight is 400 g/mol. The van der Waals surface area contributed by atoms with E-state index in [0.717, 1.165) is 36.4 Å². The van der Waals surface area contributed by atoms with Crippen LogP contribution in [0.25, 0.3) is 0 Å². The third-order valence-corrected chi connectivity index (χ3v) is 4.24. The van der Waals surface area contributed by atoms with Crippen molar-refractivity contribution in [3.05, 3.63) is 34.3 Å². The summed E-state index contributed by atoms with van der Waals surface area (Å²) in [6.07, 6.45) is 2.18. The van der Waals surface area contributed by atoms with Gasteiger partial charge in [-0.2, -0.15) is 0 Å². The first-order chi connectivity index (χ1) is 11.7. The van der Waals surface area contributed by atoms with Crippen molar-refractivity contribution in [3.8, 4) is 0 Å². The molecule has 24 heavy (non-hydrogen) atoms. The third kappa shape index (κ3) is 9.25. The van der Waals surface area contributed by atoms with Crippen molar-refractivity contribution in [1.29, 1.82) is 0 Å². The van der Waals surface area contributed by atoms with Crippen LogP contribution in [0, 0.1) is 5.92 Å². The van der Waals surface area contributed by atoms with Crippen LogP contribution in [0.1, 0.15) is 18.9 Å². The largest absolute Gasteiger partial charge is 0.382 e. The molecule has 2 N–H and O–H groups in total. The molecular weight excluding hydrogens is 370 g/mol. The molecule has 0 bridgehead atoms. The maximum Gasteiger partial charge on any atom is 0.191 e. The number of nitrogens with one attached hydrogen (secondary N) is 2. The van der Waals surface area contributed by atoms with Gasteiger partial charge in [-0.15, -0.1) is 0 Å². The van der Waals surface area contributed by atoms with Gasteiger partial charge in [-0.05, 0) is 30.0 Å². The Balaban J connectivity index is 2.29. The zero-order chi connectivity index (χ0) is 17.6. The van der Waals surface area contributed by atoms with E-state index in [4.69, 9.17) is 9.47 Å². The Bertz CT molecular complexity index is 483. The zero-order valence-corrected chi connectivity index (χ0v) is 16.6. The van der Waals surface area contributed by atoms with E-state index in [1.807, 2.05) is 0 Å². The second-order valence-corrected chi connectivity index (χ2v) is 6.51. The van der Waals surface area contributed by atoms with Crippen molar-refractivity contribution in [1.82, 2.24) is 10.6 Å². The lowest BCUT2D eigenvalue weighted by atomic mass is 9.97. The summed E-state index contributed by atoms with van der Waals surface area (Å²) in [4.78, 5) is 4.26. The fourth-order valence-electron chi connectivity index (χ4n) is 2.31. The Labute approximate surface area is 154 Å². The molecule has 0 aliphatic rings. The van der Waals surface area contributed by atoms with E-state index >= 15 is 0 Å². The fraction of sp³-hybridized carbons (Fsp3) is 0.611. The molecule has 1 unspecified atom stereocenters. The maximum atomic E-state index is 5.43. The molecule has 6 heteroatoms. The minimum atomic E-state index is 0.566. The molecule has 0 saturated heterocycles. The molecule has 0 aliphatic heterocycles. The molecule has 1 aromatic carbocycles. The van der Waals surface area contributed by atoms with Gasteiger partial charge in [-0.3, -0.25) is 4.99 Å². The highest BCUT2D eigenvalue weighted by molar-refractivity contribution is 9.10. The van der Waals surface area contributed by atoms with Gasteiger partial charge in [0.25, 0.3) is 0 Å². The highest BCUT2D eigenvalue weighted by atomic mass is 79.9. The van der Waals surface area contributed by atoms with Crippen molar-refractivity contribution in [3.63, 3.8) is 0 Å². The van der Waals surface area contributed by atoms with Gasteiger partial charge in [0.15, 0.2) is 5.96 Å². The zero-order valence-electron chi connectivity index (χ0n) is 15.0. The SMILES string of the molecule is CCC(CNC(=NC)NCCOCCOC)Cc1cccc(Br)c1. The molecule has 0 amide bonds. The molecular formula is C18H30BrN3O2. The number of methoxy groups -OCH3 is 1. The van der Waals surface area contributed by atoms with Crippen LogP contribution in [0.3, 0.4) is 0 Å². The Kier molecular flexibility index (Phi) is 11.5. The minimum absolute atomic E-state index is 0.566. The van der Waals surface area contributed by atoms with Gasteiger partial charge in [0, 0.05) is 31.7 Å². The van der Waals surface area contributed by atoms with Crippen LogP contribution < -0.4 is 10.6 Å².